The number of hydrogen-bond acceptors (Lipinski definition) is 4. The zero-order valence-electron chi connectivity index (χ0n) is 7.53. The Morgan fingerprint density at radius 2 is 2.40 bits per heavy atom. The molecule has 15 heavy (non-hydrogen) atoms. The molecule has 6 heteroatoms. The Bertz CT molecular complexity index is 490. The molecule has 1 aromatic heterocycles. The van der Waals surface area contributed by atoms with Gasteiger partial charge >= 0.3 is 5.97 Å². The number of carboxylic acids is 1. The van der Waals surface area contributed by atoms with E-state index < -0.39 is 5.97 Å². The van der Waals surface area contributed by atoms with E-state index in [2.05, 4.69) is 20.9 Å². The normalized spacial score (nSPS) is 15.0. The Kier molecular flexibility index (Phi) is 2.62. The Balaban J connectivity index is 2.56. The molecule has 4 nitrogen and oxygen atoms in total. The molecule has 3 N–H and O–H groups in total. The lowest BCUT2D eigenvalue weighted by molar-refractivity contribution is -0.132. The number of hydrogen-bond donors (Lipinski definition) is 2. The minimum Gasteiger partial charge on any atom is -0.478 e. The maximum Gasteiger partial charge on any atom is 0.332 e. The molecule has 2 rings (SSSR count). The Morgan fingerprint density at radius 3 is 3.07 bits per heavy atom. The third kappa shape index (κ3) is 2.10. The molecule has 0 bridgehead atoms. The molecule has 0 unspecified atom stereocenters. The fraction of sp³-hybridized carbons (Fsp3) is 0.111. The Labute approximate surface area is 98.3 Å². The highest BCUT2D eigenvalue weighted by Gasteiger charge is 2.16. The number of aliphatic carboxylic acids is 1. The monoisotopic (exact) mass is 286 g/mol. The van der Waals surface area contributed by atoms with Crippen LogP contribution in [0.25, 0.3) is 6.08 Å². The van der Waals surface area contributed by atoms with Gasteiger partial charge in [0.05, 0.1) is 14.4 Å². The van der Waals surface area contributed by atoms with Crippen molar-refractivity contribution in [3.05, 3.63) is 20.3 Å². The van der Waals surface area contributed by atoms with Crippen molar-refractivity contribution in [3.63, 3.8) is 0 Å². The summed E-state index contributed by atoms with van der Waals surface area (Å²) < 4.78 is 0.909. The van der Waals surface area contributed by atoms with Gasteiger partial charge in [-0.2, -0.15) is 0 Å². The lowest BCUT2D eigenvalue weighted by atomic mass is 10.1. The second-order valence-corrected chi connectivity index (χ2v) is 5.52. The van der Waals surface area contributed by atoms with Gasteiger partial charge in [0.25, 0.3) is 0 Å². The first-order valence-electron chi connectivity index (χ1n) is 4.12. The van der Waals surface area contributed by atoms with Gasteiger partial charge in [0, 0.05) is 12.0 Å². The highest BCUT2D eigenvalue weighted by molar-refractivity contribution is 9.11. The number of nitrogens with zero attached hydrogens (tertiary/aromatic N) is 1. The average Bonchev–Trinajstić information content (AvgIpc) is 2.37. The highest BCUT2D eigenvalue weighted by atomic mass is 79.9. The van der Waals surface area contributed by atoms with Crippen LogP contribution in [-0.2, 0) is 4.79 Å². The van der Waals surface area contributed by atoms with E-state index in [9.17, 15) is 4.79 Å². The summed E-state index contributed by atoms with van der Waals surface area (Å²) in [4.78, 5) is 15.9. The lowest BCUT2D eigenvalue weighted by Gasteiger charge is -1.97. The van der Waals surface area contributed by atoms with Gasteiger partial charge in [0.1, 0.15) is 5.84 Å². The van der Waals surface area contributed by atoms with Crippen molar-refractivity contribution in [1.29, 1.82) is 0 Å². The van der Waals surface area contributed by atoms with Crippen LogP contribution in [0.5, 0.6) is 0 Å². The predicted molar refractivity (Wildman–Crippen MR) is 63.5 cm³/mol. The Hall–Kier alpha value is -1.14. The predicted octanol–water partition coefficient (Wildman–Crippen LogP) is 2.37. The molecule has 0 radical (unpaired) electrons. The minimum absolute atomic E-state index is 0.189. The smallest absolute Gasteiger partial charge is 0.332 e. The maximum atomic E-state index is 10.9. The van der Waals surface area contributed by atoms with E-state index in [-0.39, 0.29) is 12.0 Å². The molecule has 1 aromatic rings. The van der Waals surface area contributed by atoms with Crippen molar-refractivity contribution in [2.45, 2.75) is 6.42 Å². The summed E-state index contributed by atoms with van der Waals surface area (Å²) in [6, 6.07) is 1.83. The average molecular weight is 287 g/mol. The first-order chi connectivity index (χ1) is 7.06. The number of carbonyl (C=O) groups is 1. The van der Waals surface area contributed by atoms with Crippen LogP contribution in [0.3, 0.4) is 0 Å². The van der Waals surface area contributed by atoms with Crippen molar-refractivity contribution in [3.8, 4) is 0 Å². The summed E-state index contributed by atoms with van der Waals surface area (Å²) in [6.07, 6.45) is 1.81. The van der Waals surface area contributed by atoms with E-state index in [4.69, 9.17) is 10.8 Å². The number of halogens is 1. The molecule has 78 valence electrons. The van der Waals surface area contributed by atoms with Crippen molar-refractivity contribution in [2.24, 2.45) is 10.7 Å². The third-order valence-electron chi connectivity index (χ3n) is 1.93. The summed E-state index contributed by atoms with van der Waals surface area (Å²) in [6.45, 7) is 0. The number of fused-ring (bicyclic) bond motifs is 1. The molecule has 0 saturated heterocycles. The highest BCUT2D eigenvalue weighted by Crippen LogP contribution is 2.36. The molecule has 0 spiro atoms. The van der Waals surface area contributed by atoms with Crippen molar-refractivity contribution < 1.29 is 9.90 Å². The largest absolute Gasteiger partial charge is 0.478 e. The lowest BCUT2D eigenvalue weighted by Crippen LogP contribution is -2.14. The van der Waals surface area contributed by atoms with Crippen LogP contribution in [0, 0.1) is 0 Å². The van der Waals surface area contributed by atoms with Crippen LogP contribution >= 0.6 is 27.3 Å². The van der Waals surface area contributed by atoms with E-state index in [1.807, 2.05) is 6.07 Å². The SMILES string of the molecule is NC1=Nc2cc(Br)sc2C=C(C(=O)O)C1. The van der Waals surface area contributed by atoms with Gasteiger partial charge in [0.15, 0.2) is 0 Å². The summed E-state index contributed by atoms with van der Waals surface area (Å²) in [5.74, 6) is -0.627. The molecule has 0 fully saturated rings. The zero-order chi connectivity index (χ0) is 11.0. The van der Waals surface area contributed by atoms with Gasteiger partial charge in [-0.15, -0.1) is 11.3 Å². The van der Waals surface area contributed by atoms with Gasteiger partial charge in [-0.3, -0.25) is 0 Å². The zero-order valence-corrected chi connectivity index (χ0v) is 9.93. The molecule has 0 amide bonds. The second-order valence-electron chi connectivity index (χ2n) is 3.05. The van der Waals surface area contributed by atoms with E-state index >= 15 is 0 Å². The number of aliphatic imine (C=N–C) groups is 1. The van der Waals surface area contributed by atoms with Crippen molar-refractivity contribution in [1.82, 2.24) is 0 Å². The summed E-state index contributed by atoms with van der Waals surface area (Å²) in [5, 5.41) is 8.93. The molecule has 1 aliphatic rings. The van der Waals surface area contributed by atoms with Crippen LogP contribution in [-0.4, -0.2) is 16.9 Å². The molecular weight excluding hydrogens is 280 g/mol. The molecule has 2 heterocycles. The minimum atomic E-state index is -0.953. The molecule has 0 saturated carbocycles. The van der Waals surface area contributed by atoms with Crippen molar-refractivity contribution in [2.75, 3.05) is 0 Å². The molecule has 1 aliphatic heterocycles. The topological polar surface area (TPSA) is 75.7 Å². The summed E-state index contributed by atoms with van der Waals surface area (Å²) in [5.41, 5.74) is 6.61. The number of thiophene rings is 1. The van der Waals surface area contributed by atoms with Crippen LogP contribution < -0.4 is 5.73 Å². The van der Waals surface area contributed by atoms with Gasteiger partial charge in [-0.25, -0.2) is 9.79 Å². The van der Waals surface area contributed by atoms with E-state index in [1.54, 1.807) is 6.08 Å². The number of rotatable bonds is 1. The quantitative estimate of drug-likeness (QED) is 0.832. The molecule has 0 aliphatic carbocycles. The van der Waals surface area contributed by atoms with Crippen LogP contribution in [0.1, 0.15) is 11.3 Å². The standard InChI is InChI=1S/C9H7BrN2O2S/c10-7-3-5-6(15-7)1-4(9(13)14)2-8(11)12-5/h1,3H,2H2,(H2,11,12)(H,13,14). The van der Waals surface area contributed by atoms with Crippen molar-refractivity contribution >= 4 is 50.8 Å². The van der Waals surface area contributed by atoms with Gasteiger partial charge < -0.3 is 10.8 Å². The van der Waals surface area contributed by atoms with E-state index in [0.717, 1.165) is 14.4 Å². The molecular formula is C9H7BrN2O2S. The van der Waals surface area contributed by atoms with E-state index in [0.29, 0.717) is 5.84 Å². The number of nitrogens with two attached hydrogens (primary N) is 1. The molecule has 0 atom stereocenters. The first kappa shape index (κ1) is 10.4. The second kappa shape index (κ2) is 3.79. The Morgan fingerprint density at radius 1 is 1.67 bits per heavy atom. The first-order valence-corrected chi connectivity index (χ1v) is 5.73. The molecule has 0 aromatic carbocycles. The van der Waals surface area contributed by atoms with Gasteiger partial charge in [-0.05, 0) is 28.1 Å². The fourth-order valence-electron chi connectivity index (χ4n) is 1.29. The number of amidine groups is 1. The van der Waals surface area contributed by atoms with Gasteiger partial charge in [0.2, 0.25) is 0 Å². The summed E-state index contributed by atoms with van der Waals surface area (Å²) >= 11 is 4.77. The third-order valence-corrected chi connectivity index (χ3v) is 3.50. The fourth-order valence-corrected chi connectivity index (χ4v) is 2.82. The van der Waals surface area contributed by atoms with Crippen LogP contribution in [0.15, 0.2) is 20.4 Å². The van der Waals surface area contributed by atoms with E-state index in [1.165, 1.54) is 11.3 Å². The van der Waals surface area contributed by atoms with Gasteiger partial charge in [-0.1, -0.05) is 0 Å². The van der Waals surface area contributed by atoms with Crippen LogP contribution in [0.2, 0.25) is 0 Å². The maximum absolute atomic E-state index is 10.9. The number of carboxylic acid groups (broad SMARTS) is 1. The van der Waals surface area contributed by atoms with Crippen LogP contribution in [0.4, 0.5) is 5.69 Å². The summed E-state index contributed by atoms with van der Waals surface area (Å²) in [7, 11) is 0.